The molecule has 0 radical (unpaired) electrons. The Kier molecular flexibility index (Phi) is 4.55. The molecule has 0 unspecified atom stereocenters. The molecule has 7 heteroatoms. The van der Waals surface area contributed by atoms with Crippen molar-refractivity contribution in [3.8, 4) is 23.0 Å². The van der Waals surface area contributed by atoms with E-state index in [4.69, 9.17) is 9.84 Å². The Morgan fingerprint density at radius 1 is 1.32 bits per heavy atom. The van der Waals surface area contributed by atoms with E-state index in [-0.39, 0.29) is 5.56 Å². The molecule has 25 heavy (non-hydrogen) atoms. The molecule has 124 valence electrons. The van der Waals surface area contributed by atoms with Crippen molar-refractivity contribution in [1.82, 2.24) is 14.8 Å². The van der Waals surface area contributed by atoms with Crippen LogP contribution in [0.2, 0.25) is 0 Å². The number of pyridine rings is 1. The topological polar surface area (TPSA) is 101 Å². The molecule has 0 spiro atoms. The predicted molar refractivity (Wildman–Crippen MR) is 89.2 cm³/mol. The lowest BCUT2D eigenvalue weighted by molar-refractivity contribution is 0.0697. The number of carboxylic acids is 1. The molecular weight excluding hydrogens is 320 g/mol. The van der Waals surface area contributed by atoms with E-state index >= 15 is 0 Å². The smallest absolute Gasteiger partial charge is 0.338 e. The average Bonchev–Trinajstić information content (AvgIpc) is 3.13. The highest BCUT2D eigenvalue weighted by Crippen LogP contribution is 2.24. The van der Waals surface area contributed by atoms with E-state index in [1.807, 2.05) is 24.3 Å². The number of aromatic nitrogens is 3. The second kappa shape index (κ2) is 6.95. The van der Waals surface area contributed by atoms with Gasteiger partial charge in [0.25, 0.3) is 0 Å². The zero-order chi connectivity index (χ0) is 17.8. The number of ether oxygens (including phenoxy) is 1. The zero-order valence-corrected chi connectivity index (χ0v) is 13.4. The molecule has 0 amide bonds. The quantitative estimate of drug-likeness (QED) is 0.770. The summed E-state index contributed by atoms with van der Waals surface area (Å²) < 4.78 is 6.41. The van der Waals surface area contributed by atoms with Crippen LogP contribution in [0.4, 0.5) is 0 Å². The van der Waals surface area contributed by atoms with Gasteiger partial charge in [-0.2, -0.15) is 10.4 Å². The van der Waals surface area contributed by atoms with Crippen LogP contribution in [0.15, 0.2) is 48.9 Å². The Morgan fingerprint density at radius 2 is 2.08 bits per heavy atom. The first-order valence-electron chi connectivity index (χ1n) is 7.39. The third-order valence-electron chi connectivity index (χ3n) is 3.65. The minimum atomic E-state index is -1.07. The fourth-order valence-corrected chi connectivity index (χ4v) is 2.40. The second-order valence-corrected chi connectivity index (χ2v) is 5.31. The maximum absolute atomic E-state index is 10.9. The molecule has 1 aromatic carbocycles. The molecule has 3 aromatic rings. The van der Waals surface area contributed by atoms with Gasteiger partial charge in [-0.15, -0.1) is 0 Å². The Labute approximate surface area is 143 Å². The summed E-state index contributed by atoms with van der Waals surface area (Å²) in [7, 11) is 1.63. The Balaban J connectivity index is 1.96. The first-order valence-corrected chi connectivity index (χ1v) is 7.39. The summed E-state index contributed by atoms with van der Waals surface area (Å²) in [5.74, 6) is -0.691. The SMILES string of the molecule is COCc1ccc(-c2cnc(-n3cc(C(=O)O)cn3)cc2C#N)cc1. The highest BCUT2D eigenvalue weighted by molar-refractivity contribution is 5.87. The molecule has 3 rings (SSSR count). The number of carbonyl (C=O) groups is 1. The van der Waals surface area contributed by atoms with E-state index in [0.717, 1.165) is 11.1 Å². The highest BCUT2D eigenvalue weighted by Gasteiger charge is 2.11. The number of methoxy groups -OCH3 is 1. The fraction of sp³-hybridized carbons (Fsp3) is 0.111. The summed E-state index contributed by atoms with van der Waals surface area (Å²) in [6, 6.07) is 11.4. The molecule has 2 heterocycles. The van der Waals surface area contributed by atoms with Crippen LogP contribution in [-0.2, 0) is 11.3 Å². The molecule has 0 aliphatic heterocycles. The van der Waals surface area contributed by atoms with Gasteiger partial charge >= 0.3 is 5.97 Å². The van der Waals surface area contributed by atoms with Crippen LogP contribution in [0.1, 0.15) is 21.5 Å². The van der Waals surface area contributed by atoms with Crippen molar-refractivity contribution in [3.63, 3.8) is 0 Å². The highest BCUT2D eigenvalue weighted by atomic mass is 16.5. The molecule has 0 fully saturated rings. The van der Waals surface area contributed by atoms with Crippen LogP contribution < -0.4 is 0 Å². The van der Waals surface area contributed by atoms with E-state index in [1.165, 1.54) is 17.1 Å². The van der Waals surface area contributed by atoms with Crippen LogP contribution in [-0.4, -0.2) is 33.0 Å². The number of nitrogens with zero attached hydrogens (tertiary/aromatic N) is 4. The first kappa shape index (κ1) is 16.4. The van der Waals surface area contributed by atoms with Crippen molar-refractivity contribution in [2.45, 2.75) is 6.61 Å². The van der Waals surface area contributed by atoms with Crippen molar-refractivity contribution in [1.29, 1.82) is 5.26 Å². The van der Waals surface area contributed by atoms with Gasteiger partial charge < -0.3 is 9.84 Å². The van der Waals surface area contributed by atoms with Crippen LogP contribution >= 0.6 is 0 Å². The Bertz CT molecular complexity index is 955. The first-order chi connectivity index (χ1) is 12.1. The molecular formula is C18H14N4O3. The number of rotatable bonds is 5. The van der Waals surface area contributed by atoms with Gasteiger partial charge in [0.2, 0.25) is 0 Å². The van der Waals surface area contributed by atoms with Gasteiger partial charge in [0.05, 0.1) is 30.0 Å². The normalized spacial score (nSPS) is 10.4. The molecule has 0 bridgehead atoms. The summed E-state index contributed by atoms with van der Waals surface area (Å²) in [5.41, 5.74) is 3.07. The van der Waals surface area contributed by atoms with Gasteiger partial charge in [-0.25, -0.2) is 14.5 Å². The van der Waals surface area contributed by atoms with Crippen LogP contribution in [0.5, 0.6) is 0 Å². The number of nitriles is 1. The largest absolute Gasteiger partial charge is 0.478 e. The van der Waals surface area contributed by atoms with Gasteiger partial charge in [0.15, 0.2) is 5.82 Å². The summed E-state index contributed by atoms with van der Waals surface area (Å²) in [5, 5.41) is 22.4. The molecule has 0 saturated heterocycles. The van der Waals surface area contributed by atoms with Crippen LogP contribution in [0, 0.1) is 11.3 Å². The van der Waals surface area contributed by atoms with Crippen molar-refractivity contribution >= 4 is 5.97 Å². The van der Waals surface area contributed by atoms with Crippen molar-refractivity contribution in [2.24, 2.45) is 0 Å². The monoisotopic (exact) mass is 334 g/mol. The summed E-state index contributed by atoms with van der Waals surface area (Å²) in [6.07, 6.45) is 4.17. The number of aromatic carboxylic acids is 1. The summed E-state index contributed by atoms with van der Waals surface area (Å²) >= 11 is 0. The van der Waals surface area contributed by atoms with E-state index in [9.17, 15) is 10.1 Å². The lowest BCUT2D eigenvalue weighted by Gasteiger charge is -2.08. The van der Waals surface area contributed by atoms with E-state index in [2.05, 4.69) is 16.2 Å². The van der Waals surface area contributed by atoms with Gasteiger partial charge in [-0.3, -0.25) is 0 Å². The van der Waals surface area contributed by atoms with E-state index in [0.29, 0.717) is 23.6 Å². The number of hydrogen-bond donors (Lipinski definition) is 1. The second-order valence-electron chi connectivity index (χ2n) is 5.31. The van der Waals surface area contributed by atoms with E-state index in [1.54, 1.807) is 19.4 Å². The molecule has 0 aliphatic rings. The summed E-state index contributed by atoms with van der Waals surface area (Å²) in [4.78, 5) is 15.2. The van der Waals surface area contributed by atoms with Gasteiger partial charge in [-0.05, 0) is 11.1 Å². The van der Waals surface area contributed by atoms with Gasteiger partial charge in [0.1, 0.15) is 0 Å². The minimum Gasteiger partial charge on any atom is -0.478 e. The third kappa shape index (κ3) is 3.39. The average molecular weight is 334 g/mol. The third-order valence-corrected chi connectivity index (χ3v) is 3.65. The van der Waals surface area contributed by atoms with Crippen molar-refractivity contribution in [3.05, 3.63) is 65.6 Å². The summed E-state index contributed by atoms with van der Waals surface area (Å²) in [6.45, 7) is 0.522. The van der Waals surface area contributed by atoms with Crippen molar-refractivity contribution < 1.29 is 14.6 Å². The molecule has 0 atom stereocenters. The Hall–Kier alpha value is -3.50. The maximum atomic E-state index is 10.9. The maximum Gasteiger partial charge on any atom is 0.338 e. The minimum absolute atomic E-state index is 0.0538. The van der Waals surface area contributed by atoms with Crippen molar-refractivity contribution in [2.75, 3.05) is 7.11 Å². The Morgan fingerprint density at radius 3 is 2.68 bits per heavy atom. The molecule has 7 nitrogen and oxygen atoms in total. The lowest BCUT2D eigenvalue weighted by Crippen LogP contribution is -2.00. The van der Waals surface area contributed by atoms with Crippen LogP contribution in [0.25, 0.3) is 16.9 Å². The molecule has 0 saturated carbocycles. The standard InChI is InChI=1S/C18H14N4O3/c1-25-11-12-2-4-13(5-3-12)16-9-20-17(6-14(16)7-19)22-10-15(8-21-22)18(23)24/h2-6,8-10H,11H2,1H3,(H,23,24). The van der Waals surface area contributed by atoms with E-state index < -0.39 is 5.97 Å². The van der Waals surface area contributed by atoms with Crippen LogP contribution in [0.3, 0.4) is 0 Å². The lowest BCUT2D eigenvalue weighted by atomic mass is 10.0. The fourth-order valence-electron chi connectivity index (χ4n) is 2.40. The number of hydrogen-bond acceptors (Lipinski definition) is 5. The number of carboxylic acid groups (broad SMARTS) is 1. The predicted octanol–water partition coefficient (Wildman–Crippen LogP) is 2.65. The van der Waals surface area contributed by atoms with Gasteiger partial charge in [-0.1, -0.05) is 24.3 Å². The molecule has 1 N–H and O–H groups in total. The van der Waals surface area contributed by atoms with Gasteiger partial charge in [0, 0.05) is 31.1 Å². The zero-order valence-electron chi connectivity index (χ0n) is 13.4. The molecule has 0 aliphatic carbocycles. The molecule has 2 aromatic heterocycles. The number of benzene rings is 1.